The molecule has 1 aliphatic heterocycles. The fourth-order valence-electron chi connectivity index (χ4n) is 2.09. The number of carbonyl (C=O) groups is 1. The Hall–Kier alpha value is -1.40. The van der Waals surface area contributed by atoms with Crippen molar-refractivity contribution in [3.8, 4) is 0 Å². The number of amides is 1. The second kappa shape index (κ2) is 7.25. The Morgan fingerprint density at radius 3 is 3.21 bits per heavy atom. The molecule has 0 unspecified atom stereocenters. The van der Waals surface area contributed by atoms with Crippen molar-refractivity contribution in [3.05, 3.63) is 18.5 Å². The molecule has 0 saturated carbocycles. The molecular formula is C13H22N4O2. The van der Waals surface area contributed by atoms with E-state index in [2.05, 4.69) is 15.7 Å². The topological polar surface area (TPSA) is 68.2 Å². The van der Waals surface area contributed by atoms with E-state index in [-0.39, 0.29) is 18.1 Å². The van der Waals surface area contributed by atoms with E-state index in [1.807, 2.05) is 23.9 Å². The average Bonchev–Trinajstić information content (AvgIpc) is 3.08. The maximum atomic E-state index is 11.8. The SMILES string of the molecule is C[C@@H](NCCn1cccn1)C(=O)NC[C@H]1CCCO1. The Labute approximate surface area is 113 Å². The van der Waals surface area contributed by atoms with Crippen LogP contribution in [0, 0.1) is 0 Å². The van der Waals surface area contributed by atoms with E-state index >= 15 is 0 Å². The minimum absolute atomic E-state index is 0.0240. The molecule has 0 aromatic carbocycles. The Kier molecular flexibility index (Phi) is 5.35. The van der Waals surface area contributed by atoms with Crippen LogP contribution in [0.2, 0.25) is 0 Å². The number of hydrogen-bond donors (Lipinski definition) is 2. The third-order valence-corrected chi connectivity index (χ3v) is 3.27. The second-order valence-corrected chi connectivity index (χ2v) is 4.83. The first-order valence-electron chi connectivity index (χ1n) is 6.86. The zero-order valence-electron chi connectivity index (χ0n) is 11.3. The van der Waals surface area contributed by atoms with Gasteiger partial charge in [0, 0.05) is 32.1 Å². The third-order valence-electron chi connectivity index (χ3n) is 3.27. The summed E-state index contributed by atoms with van der Waals surface area (Å²) in [6.07, 6.45) is 5.99. The van der Waals surface area contributed by atoms with Crippen molar-refractivity contribution in [1.82, 2.24) is 20.4 Å². The van der Waals surface area contributed by atoms with Gasteiger partial charge in [0.2, 0.25) is 5.91 Å². The van der Waals surface area contributed by atoms with Crippen molar-refractivity contribution in [1.29, 1.82) is 0 Å². The maximum absolute atomic E-state index is 11.8. The molecule has 1 saturated heterocycles. The highest BCUT2D eigenvalue weighted by molar-refractivity contribution is 5.81. The summed E-state index contributed by atoms with van der Waals surface area (Å²) < 4.78 is 7.30. The molecule has 1 amide bonds. The van der Waals surface area contributed by atoms with Crippen LogP contribution in [0.1, 0.15) is 19.8 Å². The summed E-state index contributed by atoms with van der Waals surface area (Å²) in [5.41, 5.74) is 0. The van der Waals surface area contributed by atoms with Crippen LogP contribution in [0.3, 0.4) is 0 Å². The fraction of sp³-hybridized carbons (Fsp3) is 0.692. The van der Waals surface area contributed by atoms with Gasteiger partial charge < -0.3 is 15.4 Å². The van der Waals surface area contributed by atoms with Crippen molar-refractivity contribution in [2.75, 3.05) is 19.7 Å². The Morgan fingerprint density at radius 2 is 2.53 bits per heavy atom. The van der Waals surface area contributed by atoms with E-state index in [4.69, 9.17) is 4.74 Å². The summed E-state index contributed by atoms with van der Waals surface area (Å²) in [6, 6.07) is 1.69. The monoisotopic (exact) mass is 266 g/mol. The van der Waals surface area contributed by atoms with Crippen molar-refractivity contribution in [2.24, 2.45) is 0 Å². The van der Waals surface area contributed by atoms with Crippen LogP contribution in [0.15, 0.2) is 18.5 Å². The molecule has 2 atom stereocenters. The van der Waals surface area contributed by atoms with Gasteiger partial charge >= 0.3 is 0 Å². The van der Waals surface area contributed by atoms with Crippen molar-refractivity contribution in [3.63, 3.8) is 0 Å². The first-order valence-corrected chi connectivity index (χ1v) is 6.86. The standard InChI is InChI=1S/C13H22N4O2/c1-11(14-6-8-17-7-3-5-16-17)13(18)15-10-12-4-2-9-19-12/h3,5,7,11-12,14H,2,4,6,8-10H2,1H3,(H,15,18)/t11-,12-/m1/s1. The highest BCUT2D eigenvalue weighted by atomic mass is 16.5. The lowest BCUT2D eigenvalue weighted by Gasteiger charge is -2.16. The number of ether oxygens (including phenoxy) is 1. The quantitative estimate of drug-likeness (QED) is 0.737. The van der Waals surface area contributed by atoms with E-state index in [1.54, 1.807) is 6.20 Å². The highest BCUT2D eigenvalue weighted by Crippen LogP contribution is 2.10. The number of aromatic nitrogens is 2. The molecule has 6 heteroatoms. The molecule has 1 fully saturated rings. The number of nitrogens with zero attached hydrogens (tertiary/aromatic N) is 2. The number of hydrogen-bond acceptors (Lipinski definition) is 4. The van der Waals surface area contributed by atoms with Gasteiger partial charge in [-0.15, -0.1) is 0 Å². The zero-order chi connectivity index (χ0) is 13.5. The van der Waals surface area contributed by atoms with Gasteiger partial charge in [-0.05, 0) is 25.8 Å². The van der Waals surface area contributed by atoms with Crippen LogP contribution in [0.4, 0.5) is 0 Å². The number of nitrogens with one attached hydrogen (secondary N) is 2. The lowest BCUT2D eigenvalue weighted by Crippen LogP contribution is -2.45. The Bertz CT molecular complexity index is 374. The van der Waals surface area contributed by atoms with Gasteiger partial charge in [-0.1, -0.05) is 0 Å². The molecule has 0 aliphatic carbocycles. The van der Waals surface area contributed by atoms with Gasteiger partial charge in [-0.3, -0.25) is 9.48 Å². The van der Waals surface area contributed by atoms with Crippen LogP contribution in [-0.4, -0.2) is 47.5 Å². The fourth-order valence-corrected chi connectivity index (χ4v) is 2.09. The molecule has 106 valence electrons. The van der Waals surface area contributed by atoms with Crippen molar-refractivity contribution < 1.29 is 9.53 Å². The van der Waals surface area contributed by atoms with Crippen LogP contribution in [-0.2, 0) is 16.1 Å². The largest absolute Gasteiger partial charge is 0.376 e. The molecule has 0 bridgehead atoms. The summed E-state index contributed by atoms with van der Waals surface area (Å²) in [4.78, 5) is 11.8. The Balaban J connectivity index is 1.58. The molecule has 2 rings (SSSR count). The van der Waals surface area contributed by atoms with Gasteiger partial charge in [0.25, 0.3) is 0 Å². The predicted molar refractivity (Wildman–Crippen MR) is 71.7 cm³/mol. The normalized spacial score (nSPS) is 20.4. The highest BCUT2D eigenvalue weighted by Gasteiger charge is 2.18. The molecule has 6 nitrogen and oxygen atoms in total. The predicted octanol–water partition coefficient (Wildman–Crippen LogP) is 0.156. The molecular weight excluding hydrogens is 244 g/mol. The van der Waals surface area contributed by atoms with E-state index in [9.17, 15) is 4.79 Å². The van der Waals surface area contributed by atoms with E-state index in [1.165, 1.54) is 0 Å². The smallest absolute Gasteiger partial charge is 0.236 e. The molecule has 0 spiro atoms. The minimum Gasteiger partial charge on any atom is -0.376 e. The maximum Gasteiger partial charge on any atom is 0.236 e. The number of rotatable bonds is 7. The average molecular weight is 266 g/mol. The van der Waals surface area contributed by atoms with Crippen molar-refractivity contribution >= 4 is 5.91 Å². The van der Waals surface area contributed by atoms with Gasteiger partial charge in [0.05, 0.1) is 18.7 Å². The van der Waals surface area contributed by atoms with E-state index < -0.39 is 0 Å². The van der Waals surface area contributed by atoms with Crippen LogP contribution < -0.4 is 10.6 Å². The molecule has 1 aromatic heterocycles. The summed E-state index contributed by atoms with van der Waals surface area (Å²) in [5, 5.41) is 10.2. The van der Waals surface area contributed by atoms with Gasteiger partial charge in [-0.25, -0.2) is 0 Å². The Morgan fingerprint density at radius 1 is 1.63 bits per heavy atom. The molecule has 2 N–H and O–H groups in total. The molecule has 2 heterocycles. The van der Waals surface area contributed by atoms with Gasteiger partial charge in [0.1, 0.15) is 0 Å². The number of carbonyl (C=O) groups excluding carboxylic acids is 1. The van der Waals surface area contributed by atoms with Crippen LogP contribution in [0.25, 0.3) is 0 Å². The van der Waals surface area contributed by atoms with Gasteiger partial charge in [0.15, 0.2) is 0 Å². The van der Waals surface area contributed by atoms with Crippen molar-refractivity contribution in [2.45, 2.75) is 38.5 Å². The second-order valence-electron chi connectivity index (χ2n) is 4.83. The first kappa shape index (κ1) is 14.0. The molecule has 0 radical (unpaired) electrons. The van der Waals surface area contributed by atoms with Crippen LogP contribution in [0.5, 0.6) is 0 Å². The van der Waals surface area contributed by atoms with Gasteiger partial charge in [-0.2, -0.15) is 5.10 Å². The summed E-state index contributed by atoms with van der Waals surface area (Å²) in [6.45, 7) is 4.78. The summed E-state index contributed by atoms with van der Waals surface area (Å²) in [7, 11) is 0. The minimum atomic E-state index is -0.197. The molecule has 1 aliphatic rings. The van der Waals surface area contributed by atoms with E-state index in [0.29, 0.717) is 6.54 Å². The zero-order valence-corrected chi connectivity index (χ0v) is 11.3. The summed E-state index contributed by atoms with van der Waals surface area (Å²) in [5.74, 6) is 0.0240. The first-order chi connectivity index (χ1) is 9.25. The third kappa shape index (κ3) is 4.65. The molecule has 1 aromatic rings. The van der Waals surface area contributed by atoms with E-state index in [0.717, 1.165) is 32.5 Å². The summed E-state index contributed by atoms with van der Waals surface area (Å²) >= 11 is 0. The molecule has 19 heavy (non-hydrogen) atoms. The lowest BCUT2D eigenvalue weighted by atomic mass is 10.2. The lowest BCUT2D eigenvalue weighted by molar-refractivity contribution is -0.123. The van der Waals surface area contributed by atoms with Crippen LogP contribution >= 0.6 is 0 Å².